The second-order valence-corrected chi connectivity index (χ2v) is 5.49. The number of halogens is 2. The number of nitrogens with one attached hydrogen (secondary N) is 2. The summed E-state index contributed by atoms with van der Waals surface area (Å²) < 4.78 is 10.8. The lowest BCUT2D eigenvalue weighted by molar-refractivity contribution is -0.125. The standard InChI is InChI=1S/C14H18Cl2N2O3/c15-10-2-3-13(11(16)8-10)21-6-1-4-18-14(19)12-9-20-7-5-17-12/h2-3,8,12,17H,1,4-7,9H2,(H,18,19). The average molecular weight is 333 g/mol. The molecular weight excluding hydrogens is 315 g/mol. The molecule has 1 heterocycles. The highest BCUT2D eigenvalue weighted by Gasteiger charge is 2.20. The number of hydrogen-bond donors (Lipinski definition) is 2. The van der Waals surface area contributed by atoms with Crippen LogP contribution in [0.5, 0.6) is 5.75 Å². The summed E-state index contributed by atoms with van der Waals surface area (Å²) >= 11 is 11.8. The Kier molecular flexibility index (Phi) is 6.57. The van der Waals surface area contributed by atoms with E-state index in [0.717, 1.165) is 0 Å². The molecule has 1 fully saturated rings. The highest BCUT2D eigenvalue weighted by Crippen LogP contribution is 2.27. The van der Waals surface area contributed by atoms with E-state index in [1.54, 1.807) is 18.2 Å². The molecule has 1 aromatic rings. The van der Waals surface area contributed by atoms with Crippen LogP contribution in [0.15, 0.2) is 18.2 Å². The summed E-state index contributed by atoms with van der Waals surface area (Å²) in [4.78, 5) is 11.8. The summed E-state index contributed by atoms with van der Waals surface area (Å²) in [5.74, 6) is 0.550. The lowest BCUT2D eigenvalue weighted by atomic mass is 10.2. The van der Waals surface area contributed by atoms with Gasteiger partial charge in [-0.15, -0.1) is 0 Å². The topological polar surface area (TPSA) is 59.6 Å². The molecule has 1 aromatic carbocycles. The zero-order valence-corrected chi connectivity index (χ0v) is 13.0. The van der Waals surface area contributed by atoms with Crippen molar-refractivity contribution in [2.24, 2.45) is 0 Å². The van der Waals surface area contributed by atoms with Crippen molar-refractivity contribution in [2.45, 2.75) is 12.5 Å². The van der Waals surface area contributed by atoms with Gasteiger partial charge in [0.25, 0.3) is 0 Å². The first kappa shape index (κ1) is 16.4. The third kappa shape index (κ3) is 5.36. The molecule has 2 rings (SSSR count). The molecule has 0 bridgehead atoms. The van der Waals surface area contributed by atoms with Crippen LogP contribution in [0.2, 0.25) is 10.0 Å². The average Bonchev–Trinajstić information content (AvgIpc) is 2.49. The first-order valence-electron chi connectivity index (χ1n) is 6.83. The van der Waals surface area contributed by atoms with Crippen molar-refractivity contribution < 1.29 is 14.3 Å². The smallest absolute Gasteiger partial charge is 0.239 e. The molecule has 1 unspecified atom stereocenters. The molecule has 2 N–H and O–H groups in total. The molecule has 0 aliphatic carbocycles. The van der Waals surface area contributed by atoms with E-state index in [0.29, 0.717) is 55.1 Å². The van der Waals surface area contributed by atoms with Gasteiger partial charge in [0.2, 0.25) is 5.91 Å². The van der Waals surface area contributed by atoms with Gasteiger partial charge in [0.15, 0.2) is 0 Å². The fourth-order valence-electron chi connectivity index (χ4n) is 1.92. The Balaban J connectivity index is 1.62. The Morgan fingerprint density at radius 2 is 2.33 bits per heavy atom. The van der Waals surface area contributed by atoms with E-state index in [1.165, 1.54) is 0 Å². The summed E-state index contributed by atoms with van der Waals surface area (Å²) in [5, 5.41) is 7.00. The Morgan fingerprint density at radius 3 is 3.05 bits per heavy atom. The second-order valence-electron chi connectivity index (χ2n) is 4.65. The van der Waals surface area contributed by atoms with Crippen LogP contribution in [-0.4, -0.2) is 44.9 Å². The van der Waals surface area contributed by atoms with Crippen molar-refractivity contribution in [3.8, 4) is 5.75 Å². The van der Waals surface area contributed by atoms with Gasteiger partial charge in [0, 0.05) is 18.1 Å². The van der Waals surface area contributed by atoms with E-state index in [4.69, 9.17) is 32.7 Å². The lowest BCUT2D eigenvalue weighted by Gasteiger charge is -2.22. The zero-order chi connectivity index (χ0) is 15.1. The predicted octanol–water partition coefficient (Wildman–Crippen LogP) is 1.87. The molecule has 1 amide bonds. The highest BCUT2D eigenvalue weighted by molar-refractivity contribution is 6.35. The fourth-order valence-corrected chi connectivity index (χ4v) is 2.38. The number of carbonyl (C=O) groups excluding carboxylic acids is 1. The predicted molar refractivity (Wildman–Crippen MR) is 82.2 cm³/mol. The molecule has 21 heavy (non-hydrogen) atoms. The van der Waals surface area contributed by atoms with E-state index in [2.05, 4.69) is 10.6 Å². The minimum absolute atomic E-state index is 0.0424. The summed E-state index contributed by atoms with van der Waals surface area (Å²) in [5.41, 5.74) is 0. The molecule has 1 saturated heterocycles. The number of morpholine rings is 1. The molecule has 116 valence electrons. The lowest BCUT2D eigenvalue weighted by Crippen LogP contribution is -2.51. The molecule has 5 nitrogen and oxygen atoms in total. The van der Waals surface area contributed by atoms with Crippen molar-refractivity contribution in [2.75, 3.05) is 32.9 Å². The molecule has 0 spiro atoms. The van der Waals surface area contributed by atoms with Crippen LogP contribution in [0.3, 0.4) is 0 Å². The quantitative estimate of drug-likeness (QED) is 0.781. The van der Waals surface area contributed by atoms with Gasteiger partial charge in [-0.2, -0.15) is 0 Å². The van der Waals surface area contributed by atoms with Gasteiger partial charge in [0.05, 0.1) is 24.8 Å². The van der Waals surface area contributed by atoms with Crippen LogP contribution >= 0.6 is 23.2 Å². The van der Waals surface area contributed by atoms with Gasteiger partial charge in [-0.3, -0.25) is 4.79 Å². The van der Waals surface area contributed by atoms with Gasteiger partial charge in [-0.25, -0.2) is 0 Å². The molecule has 7 heteroatoms. The van der Waals surface area contributed by atoms with E-state index >= 15 is 0 Å². The van der Waals surface area contributed by atoms with Gasteiger partial charge < -0.3 is 20.1 Å². The van der Waals surface area contributed by atoms with E-state index < -0.39 is 0 Å². The molecule has 1 aliphatic rings. The maximum atomic E-state index is 11.8. The largest absolute Gasteiger partial charge is 0.492 e. The SMILES string of the molecule is O=C(NCCCOc1ccc(Cl)cc1Cl)C1COCCN1. The van der Waals surface area contributed by atoms with Crippen LogP contribution in [0.25, 0.3) is 0 Å². The molecule has 0 saturated carbocycles. The Morgan fingerprint density at radius 1 is 1.48 bits per heavy atom. The van der Waals surface area contributed by atoms with E-state index in [1.807, 2.05) is 0 Å². The van der Waals surface area contributed by atoms with Gasteiger partial charge in [-0.05, 0) is 24.6 Å². The summed E-state index contributed by atoms with van der Waals surface area (Å²) in [7, 11) is 0. The first-order chi connectivity index (χ1) is 10.2. The van der Waals surface area contributed by atoms with Crippen molar-refractivity contribution in [3.05, 3.63) is 28.2 Å². The number of rotatable bonds is 6. The second kappa shape index (κ2) is 8.44. The number of hydrogen-bond acceptors (Lipinski definition) is 4. The minimum atomic E-state index is -0.259. The van der Waals surface area contributed by atoms with Crippen LogP contribution in [-0.2, 0) is 9.53 Å². The van der Waals surface area contributed by atoms with Crippen molar-refractivity contribution in [1.82, 2.24) is 10.6 Å². The Hall–Kier alpha value is -1.01. The Labute approximate surface area is 133 Å². The third-order valence-corrected chi connectivity index (χ3v) is 3.54. The molecule has 0 aromatic heterocycles. The van der Waals surface area contributed by atoms with Crippen molar-refractivity contribution >= 4 is 29.1 Å². The maximum Gasteiger partial charge on any atom is 0.239 e. The van der Waals surface area contributed by atoms with Crippen LogP contribution in [0.1, 0.15) is 6.42 Å². The monoisotopic (exact) mass is 332 g/mol. The molecule has 1 atom stereocenters. The summed E-state index contributed by atoms with van der Waals surface area (Å²) in [6.45, 7) is 2.79. The van der Waals surface area contributed by atoms with E-state index in [-0.39, 0.29) is 11.9 Å². The van der Waals surface area contributed by atoms with Crippen LogP contribution in [0, 0.1) is 0 Å². The van der Waals surface area contributed by atoms with Gasteiger partial charge >= 0.3 is 0 Å². The number of carbonyl (C=O) groups is 1. The normalized spacial score (nSPS) is 18.3. The highest BCUT2D eigenvalue weighted by atomic mass is 35.5. The van der Waals surface area contributed by atoms with Crippen LogP contribution < -0.4 is 15.4 Å². The molecular formula is C14H18Cl2N2O3. The van der Waals surface area contributed by atoms with E-state index in [9.17, 15) is 4.79 Å². The third-order valence-electron chi connectivity index (χ3n) is 3.01. The first-order valence-corrected chi connectivity index (χ1v) is 7.59. The number of ether oxygens (including phenoxy) is 2. The van der Waals surface area contributed by atoms with Crippen molar-refractivity contribution in [3.63, 3.8) is 0 Å². The maximum absolute atomic E-state index is 11.8. The summed E-state index contributed by atoms with van der Waals surface area (Å²) in [6, 6.07) is 4.83. The molecule has 1 aliphatic heterocycles. The fraction of sp³-hybridized carbons (Fsp3) is 0.500. The number of benzene rings is 1. The van der Waals surface area contributed by atoms with Gasteiger partial charge in [0.1, 0.15) is 11.8 Å². The molecule has 0 radical (unpaired) electrons. The van der Waals surface area contributed by atoms with Gasteiger partial charge in [-0.1, -0.05) is 23.2 Å². The minimum Gasteiger partial charge on any atom is -0.492 e. The Bertz CT molecular complexity index is 479. The van der Waals surface area contributed by atoms with Crippen LogP contribution in [0.4, 0.5) is 0 Å². The number of amides is 1. The summed E-state index contributed by atoms with van der Waals surface area (Å²) in [6.07, 6.45) is 0.693. The zero-order valence-electron chi connectivity index (χ0n) is 11.5. The van der Waals surface area contributed by atoms with Crippen molar-refractivity contribution in [1.29, 1.82) is 0 Å².